The van der Waals surface area contributed by atoms with Gasteiger partial charge in [-0.1, -0.05) is 24.8 Å². The Hall–Kier alpha value is -1.70. The third kappa shape index (κ3) is 4.27. The molecule has 0 spiro atoms. The number of carbonyl (C=O) groups excluding carboxylic acids is 1. The molecule has 1 aromatic rings. The van der Waals surface area contributed by atoms with Gasteiger partial charge in [-0.2, -0.15) is 0 Å². The topological polar surface area (TPSA) is 87.1 Å². The van der Waals surface area contributed by atoms with Crippen molar-refractivity contribution in [1.82, 2.24) is 4.90 Å². The van der Waals surface area contributed by atoms with Gasteiger partial charge in [-0.15, -0.1) is 0 Å². The summed E-state index contributed by atoms with van der Waals surface area (Å²) in [4.78, 5) is 26.5. The molecule has 1 atom stereocenters. The molecular formula is C22H33NO5Si. The molecule has 6 nitrogen and oxygen atoms in total. The Morgan fingerprint density at radius 3 is 2.34 bits per heavy atom. The summed E-state index contributed by atoms with van der Waals surface area (Å²) < 4.78 is 5.44. The second-order valence-electron chi connectivity index (χ2n) is 9.49. The first-order valence-electron chi connectivity index (χ1n) is 10.4. The van der Waals surface area contributed by atoms with Crippen molar-refractivity contribution in [2.45, 2.75) is 65.4 Å². The van der Waals surface area contributed by atoms with E-state index in [4.69, 9.17) is 4.74 Å². The van der Waals surface area contributed by atoms with Gasteiger partial charge in [0, 0.05) is 26.3 Å². The van der Waals surface area contributed by atoms with Crippen LogP contribution in [0.2, 0.25) is 19.6 Å². The Kier molecular flexibility index (Phi) is 6.22. The molecular weight excluding hydrogens is 386 g/mol. The van der Waals surface area contributed by atoms with Gasteiger partial charge in [-0.05, 0) is 60.4 Å². The smallest absolute Gasteiger partial charge is 0.337 e. The van der Waals surface area contributed by atoms with E-state index < -0.39 is 20.1 Å². The molecule has 1 saturated heterocycles. The minimum atomic E-state index is -1.95. The molecule has 0 saturated carbocycles. The highest BCUT2D eigenvalue weighted by Gasteiger charge is 2.36. The number of carboxylic acid groups (broad SMARTS) is 1. The predicted molar refractivity (Wildman–Crippen MR) is 114 cm³/mol. The number of rotatable bonds is 5. The van der Waals surface area contributed by atoms with Crippen LogP contribution in [0.25, 0.3) is 0 Å². The van der Waals surface area contributed by atoms with Gasteiger partial charge in [0.05, 0.1) is 14.5 Å². The lowest BCUT2D eigenvalue weighted by Crippen LogP contribution is -2.47. The number of carboxylic acids is 1. The fourth-order valence-electron chi connectivity index (χ4n) is 4.99. The monoisotopic (exact) mass is 419 g/mol. The molecule has 2 heterocycles. The number of fused-ring (bicyclic) bond motifs is 1. The first-order chi connectivity index (χ1) is 13.5. The van der Waals surface area contributed by atoms with E-state index in [0.717, 1.165) is 60.0 Å². The van der Waals surface area contributed by atoms with Crippen molar-refractivity contribution in [2.24, 2.45) is 5.92 Å². The number of benzene rings is 1. The molecule has 2 aliphatic rings. The van der Waals surface area contributed by atoms with Crippen LogP contribution in [-0.4, -0.2) is 54.8 Å². The highest BCUT2D eigenvalue weighted by molar-refractivity contribution is 6.89. The van der Waals surface area contributed by atoms with Gasteiger partial charge < -0.3 is 19.8 Å². The first kappa shape index (κ1) is 22.0. The summed E-state index contributed by atoms with van der Waals surface area (Å²) >= 11 is 0. The number of ether oxygens (including phenoxy) is 1. The van der Waals surface area contributed by atoms with E-state index >= 15 is 0 Å². The fraction of sp³-hybridized carbons (Fsp3) is 0.636. The number of aliphatic carboxylic acids is 1. The number of hydrogen-bond donors (Lipinski definition) is 2. The van der Waals surface area contributed by atoms with Crippen LogP contribution in [0.5, 0.6) is 0 Å². The van der Waals surface area contributed by atoms with Gasteiger partial charge in [0.25, 0.3) is 0 Å². The standard InChI is InChI=1S/C22H33NO5Si/c1-13-16-10-18(24)23(11-15-6-8-28-9-7-15)12-17(16)14(2)21(29(3,4)5)19(13)20(25)22(26)27/h15,20,25H,6-12H2,1-5H3,(H,26,27)/t20-/m0/s1. The highest BCUT2D eigenvalue weighted by Crippen LogP contribution is 2.33. The lowest BCUT2D eigenvalue weighted by Gasteiger charge is -2.37. The van der Waals surface area contributed by atoms with E-state index in [1.807, 2.05) is 18.7 Å². The maximum Gasteiger partial charge on any atom is 0.337 e. The molecule has 0 radical (unpaired) electrons. The third-order valence-corrected chi connectivity index (χ3v) is 8.57. The van der Waals surface area contributed by atoms with E-state index in [1.54, 1.807) is 0 Å². The average molecular weight is 420 g/mol. The summed E-state index contributed by atoms with van der Waals surface area (Å²) in [7, 11) is -1.95. The van der Waals surface area contributed by atoms with Crippen molar-refractivity contribution in [2.75, 3.05) is 19.8 Å². The summed E-state index contributed by atoms with van der Waals surface area (Å²) in [6, 6.07) is 0. The molecule has 3 rings (SSSR count). The summed E-state index contributed by atoms with van der Waals surface area (Å²) in [5.74, 6) is -0.682. The molecule has 0 unspecified atom stereocenters. The molecule has 160 valence electrons. The maximum absolute atomic E-state index is 12.9. The van der Waals surface area contributed by atoms with Crippen molar-refractivity contribution >= 4 is 25.1 Å². The Bertz CT molecular complexity index is 824. The second-order valence-corrected chi connectivity index (χ2v) is 14.5. The molecule has 29 heavy (non-hydrogen) atoms. The molecule has 0 bridgehead atoms. The number of aliphatic hydroxyl groups is 1. The zero-order valence-electron chi connectivity index (χ0n) is 18.2. The van der Waals surface area contributed by atoms with Crippen molar-refractivity contribution in [1.29, 1.82) is 0 Å². The Labute approximate surface area is 173 Å². The molecule has 0 aromatic heterocycles. The van der Waals surface area contributed by atoms with Crippen LogP contribution in [0, 0.1) is 19.8 Å². The van der Waals surface area contributed by atoms with Crippen LogP contribution < -0.4 is 5.19 Å². The maximum atomic E-state index is 12.9. The fourth-order valence-corrected chi connectivity index (χ4v) is 7.40. The van der Waals surface area contributed by atoms with Crippen LogP contribution in [-0.2, 0) is 27.3 Å². The average Bonchev–Trinajstić information content (AvgIpc) is 2.64. The number of hydrogen-bond acceptors (Lipinski definition) is 4. The summed E-state index contributed by atoms with van der Waals surface area (Å²) in [6.07, 6.45) is 0.685. The van der Waals surface area contributed by atoms with Crippen molar-refractivity contribution < 1.29 is 24.5 Å². The first-order valence-corrected chi connectivity index (χ1v) is 13.9. The Balaban J connectivity index is 2.06. The lowest BCUT2D eigenvalue weighted by atomic mass is 9.85. The third-order valence-electron chi connectivity index (χ3n) is 6.42. The van der Waals surface area contributed by atoms with Gasteiger partial charge in [-0.25, -0.2) is 4.79 Å². The number of carbonyl (C=O) groups is 2. The van der Waals surface area contributed by atoms with Crippen LogP contribution in [0.1, 0.15) is 46.8 Å². The molecule has 7 heteroatoms. The Morgan fingerprint density at radius 2 is 1.79 bits per heavy atom. The van der Waals surface area contributed by atoms with Crippen molar-refractivity contribution in [3.63, 3.8) is 0 Å². The van der Waals surface area contributed by atoms with E-state index in [9.17, 15) is 19.8 Å². The summed E-state index contributed by atoms with van der Waals surface area (Å²) in [5, 5.41) is 21.0. The summed E-state index contributed by atoms with van der Waals surface area (Å²) in [5.41, 5.74) is 4.40. The van der Waals surface area contributed by atoms with Gasteiger partial charge >= 0.3 is 5.97 Å². The molecule has 1 aromatic carbocycles. The molecule has 2 N–H and O–H groups in total. The van der Waals surface area contributed by atoms with Gasteiger partial charge in [0.15, 0.2) is 6.10 Å². The van der Waals surface area contributed by atoms with Gasteiger partial charge in [0.2, 0.25) is 5.91 Å². The number of amides is 1. The zero-order chi connectivity index (χ0) is 21.5. The minimum absolute atomic E-state index is 0.0861. The molecule has 0 aliphatic carbocycles. The minimum Gasteiger partial charge on any atom is -0.479 e. The van der Waals surface area contributed by atoms with E-state index in [2.05, 4.69) is 19.6 Å². The SMILES string of the molecule is Cc1c2c(c(C)c([Si](C)(C)C)c1[C@H](O)C(=O)O)CN(CC1CCOCC1)C(=O)C2. The van der Waals surface area contributed by atoms with Crippen LogP contribution in [0.15, 0.2) is 0 Å². The van der Waals surface area contributed by atoms with Crippen molar-refractivity contribution in [3.05, 3.63) is 27.8 Å². The normalized spacial score (nSPS) is 19.2. The second kappa shape index (κ2) is 8.20. The van der Waals surface area contributed by atoms with E-state index in [1.165, 1.54) is 0 Å². The predicted octanol–water partition coefficient (Wildman–Crippen LogP) is 2.28. The highest BCUT2D eigenvalue weighted by atomic mass is 28.3. The van der Waals surface area contributed by atoms with Crippen LogP contribution in [0.4, 0.5) is 0 Å². The molecule has 1 amide bonds. The van der Waals surface area contributed by atoms with Crippen LogP contribution in [0.3, 0.4) is 0 Å². The largest absolute Gasteiger partial charge is 0.479 e. The molecule has 1 fully saturated rings. The van der Waals surface area contributed by atoms with E-state index in [0.29, 0.717) is 18.0 Å². The molecule has 2 aliphatic heterocycles. The number of nitrogens with zero attached hydrogens (tertiary/aromatic N) is 1. The zero-order valence-corrected chi connectivity index (χ0v) is 19.2. The quantitative estimate of drug-likeness (QED) is 0.715. The Morgan fingerprint density at radius 1 is 1.17 bits per heavy atom. The van der Waals surface area contributed by atoms with Gasteiger partial charge in [-0.3, -0.25) is 4.79 Å². The van der Waals surface area contributed by atoms with E-state index in [-0.39, 0.29) is 12.3 Å². The summed E-state index contributed by atoms with van der Waals surface area (Å²) in [6.45, 7) is 13.3. The van der Waals surface area contributed by atoms with Crippen molar-refractivity contribution in [3.8, 4) is 0 Å². The van der Waals surface area contributed by atoms with Gasteiger partial charge in [0.1, 0.15) is 0 Å². The lowest BCUT2D eigenvalue weighted by molar-refractivity contribution is -0.146. The number of aliphatic hydroxyl groups excluding tert-OH is 1. The van der Waals surface area contributed by atoms with Crippen LogP contribution >= 0.6 is 0 Å².